The van der Waals surface area contributed by atoms with Crippen LogP contribution in [0.15, 0.2) is 24.3 Å². The fourth-order valence-corrected chi connectivity index (χ4v) is 3.41. The summed E-state index contributed by atoms with van der Waals surface area (Å²) in [5.41, 5.74) is 2.73. The minimum absolute atomic E-state index is 1.04. The molecule has 0 aliphatic carbocycles. The molecule has 134 valence electrons. The van der Waals surface area contributed by atoms with Gasteiger partial charge in [0, 0.05) is 78.5 Å². The molecule has 2 fully saturated rings. The predicted octanol–water partition coefficient (Wildman–Crippen LogP) is -0.315. The van der Waals surface area contributed by atoms with Gasteiger partial charge in [0.1, 0.15) is 0 Å². The van der Waals surface area contributed by atoms with E-state index in [1.54, 1.807) is 0 Å². The van der Waals surface area contributed by atoms with Crippen LogP contribution in [0.2, 0.25) is 0 Å². The Morgan fingerprint density at radius 2 is 0.833 bits per heavy atom. The van der Waals surface area contributed by atoms with Crippen molar-refractivity contribution in [3.63, 3.8) is 0 Å². The summed E-state index contributed by atoms with van der Waals surface area (Å²) in [6.45, 7) is 12.6. The normalized spacial score (nSPS) is 21.8. The molecule has 1 aromatic carbocycles. The molecule has 0 amide bonds. The van der Waals surface area contributed by atoms with Crippen molar-refractivity contribution in [2.75, 3.05) is 88.3 Å². The maximum atomic E-state index is 3.51. The Hall–Kier alpha value is -1.34. The van der Waals surface area contributed by atoms with Crippen LogP contribution in [0.4, 0.5) is 11.4 Å². The van der Waals surface area contributed by atoms with Crippen LogP contribution in [-0.2, 0) is 0 Å². The quantitative estimate of drug-likeness (QED) is 0.596. The first-order valence-corrected chi connectivity index (χ1v) is 9.37. The number of nitrogens with one attached hydrogen (secondary N) is 4. The van der Waals surface area contributed by atoms with Gasteiger partial charge in [-0.15, -0.1) is 0 Å². The Morgan fingerprint density at radius 3 is 1.17 bits per heavy atom. The molecule has 0 radical (unpaired) electrons. The van der Waals surface area contributed by atoms with E-state index >= 15 is 0 Å². The second kappa shape index (κ2) is 9.84. The lowest BCUT2D eigenvalue weighted by atomic mass is 10.2. The molecule has 1 aromatic rings. The summed E-state index contributed by atoms with van der Waals surface area (Å²) < 4.78 is 0. The van der Waals surface area contributed by atoms with E-state index in [1.807, 2.05) is 0 Å². The number of nitrogens with zero attached hydrogens (tertiary/aromatic N) is 2. The van der Waals surface area contributed by atoms with E-state index in [0.29, 0.717) is 0 Å². The lowest BCUT2D eigenvalue weighted by molar-refractivity contribution is 0.652. The lowest BCUT2D eigenvalue weighted by Crippen LogP contribution is -2.38. The van der Waals surface area contributed by atoms with E-state index in [0.717, 1.165) is 78.5 Å². The highest BCUT2D eigenvalue weighted by Crippen LogP contribution is 2.29. The van der Waals surface area contributed by atoms with Crippen molar-refractivity contribution in [1.82, 2.24) is 21.3 Å². The van der Waals surface area contributed by atoms with Crippen LogP contribution in [0.5, 0.6) is 0 Å². The Bertz CT molecular complexity index is 417. The fraction of sp³-hybridized carbons (Fsp3) is 0.667. The average Bonchev–Trinajstić information content (AvgIpc) is 2.84. The summed E-state index contributed by atoms with van der Waals surface area (Å²) in [5.74, 6) is 0. The molecule has 2 heterocycles. The van der Waals surface area contributed by atoms with Gasteiger partial charge in [0.25, 0.3) is 0 Å². The van der Waals surface area contributed by atoms with Crippen molar-refractivity contribution in [3.05, 3.63) is 24.3 Å². The molecule has 2 saturated heterocycles. The van der Waals surface area contributed by atoms with Crippen LogP contribution in [0.3, 0.4) is 0 Å². The number of benzene rings is 1. The number of anilines is 2. The molecular formula is C18H32N6. The molecule has 0 saturated carbocycles. The maximum Gasteiger partial charge on any atom is 0.0605 e. The first-order valence-electron chi connectivity index (χ1n) is 9.37. The molecule has 6 nitrogen and oxygen atoms in total. The van der Waals surface area contributed by atoms with Crippen LogP contribution < -0.4 is 31.1 Å². The summed E-state index contributed by atoms with van der Waals surface area (Å²) in [6, 6.07) is 8.89. The molecule has 4 N–H and O–H groups in total. The molecule has 3 rings (SSSR count). The van der Waals surface area contributed by atoms with E-state index in [1.165, 1.54) is 11.4 Å². The van der Waals surface area contributed by atoms with Gasteiger partial charge >= 0.3 is 0 Å². The highest BCUT2D eigenvalue weighted by atomic mass is 15.2. The molecule has 0 atom stereocenters. The molecule has 6 heteroatoms. The second-order valence-electron chi connectivity index (χ2n) is 6.46. The highest BCUT2D eigenvalue weighted by molar-refractivity contribution is 5.71. The molecule has 0 spiro atoms. The molecule has 0 bridgehead atoms. The number of hydrogen-bond acceptors (Lipinski definition) is 6. The SMILES string of the molecule is c1ccc(N2CCNCCNCC2)c(N2CCNCCNCC2)c1. The summed E-state index contributed by atoms with van der Waals surface area (Å²) in [4.78, 5) is 5.04. The van der Waals surface area contributed by atoms with Gasteiger partial charge < -0.3 is 31.1 Å². The van der Waals surface area contributed by atoms with Gasteiger partial charge in [0.05, 0.1) is 11.4 Å². The predicted molar refractivity (Wildman–Crippen MR) is 102 cm³/mol. The van der Waals surface area contributed by atoms with Crippen molar-refractivity contribution in [1.29, 1.82) is 0 Å². The Labute approximate surface area is 146 Å². The van der Waals surface area contributed by atoms with Gasteiger partial charge in [-0.1, -0.05) is 12.1 Å². The first kappa shape index (κ1) is 17.5. The highest BCUT2D eigenvalue weighted by Gasteiger charge is 2.16. The van der Waals surface area contributed by atoms with E-state index in [-0.39, 0.29) is 0 Å². The summed E-state index contributed by atoms with van der Waals surface area (Å²) in [6.07, 6.45) is 0. The molecule has 0 aromatic heterocycles. The molecule has 2 aliphatic heterocycles. The van der Waals surface area contributed by atoms with Gasteiger partial charge in [-0.25, -0.2) is 0 Å². The van der Waals surface area contributed by atoms with Crippen molar-refractivity contribution in [3.8, 4) is 0 Å². The maximum absolute atomic E-state index is 3.51. The zero-order chi connectivity index (χ0) is 16.5. The zero-order valence-electron chi connectivity index (χ0n) is 14.7. The van der Waals surface area contributed by atoms with Crippen molar-refractivity contribution < 1.29 is 0 Å². The Balaban J connectivity index is 1.77. The van der Waals surface area contributed by atoms with Crippen molar-refractivity contribution in [2.24, 2.45) is 0 Å². The zero-order valence-corrected chi connectivity index (χ0v) is 14.7. The fourth-order valence-electron chi connectivity index (χ4n) is 3.41. The third-order valence-electron chi connectivity index (χ3n) is 4.75. The van der Waals surface area contributed by atoms with E-state index in [4.69, 9.17) is 0 Å². The topological polar surface area (TPSA) is 54.6 Å². The first-order chi connectivity index (χ1) is 11.9. The minimum atomic E-state index is 1.04. The Morgan fingerprint density at radius 1 is 0.500 bits per heavy atom. The average molecular weight is 332 g/mol. The van der Waals surface area contributed by atoms with Crippen LogP contribution in [0.1, 0.15) is 0 Å². The smallest absolute Gasteiger partial charge is 0.0605 e. The third kappa shape index (κ3) is 5.08. The van der Waals surface area contributed by atoms with Gasteiger partial charge in [-0.2, -0.15) is 0 Å². The van der Waals surface area contributed by atoms with Gasteiger partial charge in [0.15, 0.2) is 0 Å². The number of para-hydroxylation sites is 2. The monoisotopic (exact) mass is 332 g/mol. The lowest BCUT2D eigenvalue weighted by Gasteiger charge is -2.32. The third-order valence-corrected chi connectivity index (χ3v) is 4.75. The van der Waals surface area contributed by atoms with E-state index in [9.17, 15) is 0 Å². The van der Waals surface area contributed by atoms with Crippen molar-refractivity contribution in [2.45, 2.75) is 0 Å². The van der Waals surface area contributed by atoms with E-state index < -0.39 is 0 Å². The van der Waals surface area contributed by atoms with Crippen LogP contribution >= 0.6 is 0 Å². The summed E-state index contributed by atoms with van der Waals surface area (Å²) in [7, 11) is 0. The molecule has 0 unspecified atom stereocenters. The van der Waals surface area contributed by atoms with Crippen LogP contribution in [0.25, 0.3) is 0 Å². The van der Waals surface area contributed by atoms with Gasteiger partial charge in [-0.3, -0.25) is 0 Å². The summed E-state index contributed by atoms with van der Waals surface area (Å²) in [5, 5.41) is 14.1. The van der Waals surface area contributed by atoms with Crippen molar-refractivity contribution >= 4 is 11.4 Å². The van der Waals surface area contributed by atoms with Crippen LogP contribution in [0, 0.1) is 0 Å². The summed E-state index contributed by atoms with van der Waals surface area (Å²) >= 11 is 0. The van der Waals surface area contributed by atoms with Gasteiger partial charge in [-0.05, 0) is 12.1 Å². The number of hydrogen-bond donors (Lipinski definition) is 4. The molecule has 24 heavy (non-hydrogen) atoms. The standard InChI is InChI=1S/C18H32N6/c1-2-4-18(24-15-11-21-7-8-22-12-16-24)17(3-1)23-13-9-19-5-6-20-10-14-23/h1-4,19-22H,5-16H2. The van der Waals surface area contributed by atoms with Gasteiger partial charge in [0.2, 0.25) is 0 Å². The molecule has 2 aliphatic rings. The van der Waals surface area contributed by atoms with E-state index in [2.05, 4.69) is 55.3 Å². The minimum Gasteiger partial charge on any atom is -0.367 e. The van der Waals surface area contributed by atoms with Crippen LogP contribution in [-0.4, -0.2) is 78.5 Å². The largest absolute Gasteiger partial charge is 0.367 e. The molecular weight excluding hydrogens is 300 g/mol. The second-order valence-corrected chi connectivity index (χ2v) is 6.46. The number of rotatable bonds is 2. The Kier molecular flexibility index (Phi) is 7.16.